The van der Waals surface area contributed by atoms with Crippen molar-refractivity contribution in [2.45, 2.75) is 27.7 Å². The second-order valence-corrected chi connectivity index (χ2v) is 11.7. The minimum Gasteiger partial charge on any atom is -0.481 e. The monoisotopic (exact) mass is 816 g/mol. The molecule has 15 heteroatoms. The number of esters is 1. The van der Waals surface area contributed by atoms with Crippen LogP contribution in [-0.4, -0.2) is 85.2 Å². The molecule has 0 saturated heterocycles. The fourth-order valence-corrected chi connectivity index (χ4v) is 5.06. The van der Waals surface area contributed by atoms with Crippen LogP contribution in [0.1, 0.15) is 26.0 Å². The van der Waals surface area contributed by atoms with Crippen LogP contribution in [0.25, 0.3) is 0 Å². The molecule has 4 rings (SSSR count). The Kier molecular flexibility index (Phi) is 26.9. The van der Waals surface area contributed by atoms with Gasteiger partial charge in [-0.1, -0.05) is 110 Å². The number of anilines is 4. The maximum absolute atomic E-state index is 12.0. The number of hydrogen-bond acceptors (Lipinski definition) is 10. The minimum absolute atomic E-state index is 0. The maximum atomic E-state index is 12.0. The first kappa shape index (κ1) is 49.4. The third-order valence-electron chi connectivity index (χ3n) is 6.35. The first-order valence-corrected chi connectivity index (χ1v) is 17.1. The average molecular weight is 819 g/mol. The number of nitrogens with one attached hydrogen (secondary N) is 2. The van der Waals surface area contributed by atoms with Gasteiger partial charge in [-0.25, -0.2) is 0 Å². The molecule has 0 fully saturated rings. The SMILES string of the molecule is C.C.O=C(Cc1ccccc1Nc1c(Cl)cccc1Cl)OCCOCCO.O=C(O)Cc1ccccc1Nc1c(Cl)cccc1Cl.OCCOCCO. The predicted octanol–water partition coefficient (Wildman–Crippen LogP) is 8.46. The fourth-order valence-electron chi connectivity index (χ4n) is 4.08. The molecule has 0 radical (unpaired) electrons. The summed E-state index contributed by atoms with van der Waals surface area (Å²) in [7, 11) is 0. The maximum Gasteiger partial charge on any atom is 0.310 e. The van der Waals surface area contributed by atoms with Crippen LogP contribution < -0.4 is 10.6 Å². The summed E-state index contributed by atoms with van der Waals surface area (Å²) in [4.78, 5) is 22.8. The highest BCUT2D eigenvalue weighted by atomic mass is 35.5. The van der Waals surface area contributed by atoms with Crippen LogP contribution >= 0.6 is 46.4 Å². The molecule has 11 nitrogen and oxygen atoms in total. The van der Waals surface area contributed by atoms with E-state index in [9.17, 15) is 9.59 Å². The Morgan fingerprint density at radius 2 is 0.906 bits per heavy atom. The molecule has 0 amide bonds. The van der Waals surface area contributed by atoms with E-state index in [0.717, 1.165) is 11.3 Å². The summed E-state index contributed by atoms with van der Waals surface area (Å²) in [5.74, 6) is -1.26. The van der Waals surface area contributed by atoms with Crippen molar-refractivity contribution in [3.63, 3.8) is 0 Å². The van der Waals surface area contributed by atoms with Gasteiger partial charge in [0.2, 0.25) is 0 Å². The van der Waals surface area contributed by atoms with Crippen LogP contribution in [0.15, 0.2) is 84.9 Å². The molecule has 53 heavy (non-hydrogen) atoms. The zero-order valence-corrected chi connectivity index (χ0v) is 30.5. The second kappa shape index (κ2) is 28.8. The number of benzene rings is 4. The number of hydrogen-bond donors (Lipinski definition) is 6. The van der Waals surface area contributed by atoms with Crippen molar-refractivity contribution in [3.8, 4) is 0 Å². The molecule has 0 bridgehead atoms. The normalized spacial score (nSPS) is 9.87. The Hall–Kier alpha value is -3.62. The summed E-state index contributed by atoms with van der Waals surface area (Å²) in [6, 6.07) is 24.9. The van der Waals surface area contributed by atoms with Gasteiger partial charge in [0.05, 0.1) is 90.6 Å². The van der Waals surface area contributed by atoms with Crippen LogP contribution in [0, 0.1) is 0 Å². The number of carboxylic acid groups (broad SMARTS) is 1. The van der Waals surface area contributed by atoms with Gasteiger partial charge in [0.15, 0.2) is 0 Å². The molecule has 4 aromatic carbocycles. The number of aliphatic hydroxyl groups is 3. The smallest absolute Gasteiger partial charge is 0.310 e. The topological polar surface area (TPSA) is 167 Å². The van der Waals surface area contributed by atoms with Crippen LogP contribution in [0.3, 0.4) is 0 Å². The lowest BCUT2D eigenvalue weighted by Gasteiger charge is -2.14. The van der Waals surface area contributed by atoms with E-state index < -0.39 is 5.97 Å². The second-order valence-electron chi connectivity index (χ2n) is 10.1. The number of carbonyl (C=O) groups is 2. The molecule has 0 aromatic heterocycles. The fraction of sp³-hybridized carbons (Fsp3) is 0.316. The van der Waals surface area contributed by atoms with Gasteiger partial charge >= 0.3 is 11.9 Å². The van der Waals surface area contributed by atoms with Crippen molar-refractivity contribution in [2.75, 3.05) is 63.5 Å². The van der Waals surface area contributed by atoms with Gasteiger partial charge in [-0.15, -0.1) is 0 Å². The first-order chi connectivity index (χ1) is 24.6. The molecule has 0 unspecified atom stereocenters. The van der Waals surface area contributed by atoms with Gasteiger partial charge in [0, 0.05) is 11.4 Å². The highest BCUT2D eigenvalue weighted by Crippen LogP contribution is 2.35. The van der Waals surface area contributed by atoms with E-state index in [2.05, 4.69) is 15.4 Å². The van der Waals surface area contributed by atoms with Crippen molar-refractivity contribution < 1.29 is 44.2 Å². The number of carbonyl (C=O) groups excluding carboxylic acids is 1. The molecule has 0 atom stereocenters. The summed E-state index contributed by atoms with van der Waals surface area (Å²) in [6.07, 6.45) is 0.0382. The van der Waals surface area contributed by atoms with Crippen molar-refractivity contribution in [3.05, 3.63) is 116 Å². The molecule has 292 valence electrons. The largest absolute Gasteiger partial charge is 0.481 e. The molecule has 0 aliphatic carbocycles. The zero-order valence-electron chi connectivity index (χ0n) is 27.5. The average Bonchev–Trinajstić information content (AvgIpc) is 3.10. The van der Waals surface area contributed by atoms with E-state index in [4.69, 9.17) is 76.3 Å². The number of carboxylic acids is 1. The summed E-state index contributed by atoms with van der Waals surface area (Å²) >= 11 is 24.5. The number of ether oxygens (including phenoxy) is 3. The number of aliphatic carboxylic acids is 1. The van der Waals surface area contributed by atoms with Crippen molar-refractivity contribution in [2.24, 2.45) is 0 Å². The van der Waals surface area contributed by atoms with E-state index in [-0.39, 0.29) is 73.3 Å². The summed E-state index contributed by atoms with van der Waals surface area (Å²) in [5.41, 5.74) is 4.00. The van der Waals surface area contributed by atoms with E-state index in [1.54, 1.807) is 54.6 Å². The van der Waals surface area contributed by atoms with Crippen LogP contribution in [-0.2, 0) is 36.6 Å². The lowest BCUT2D eigenvalue weighted by Crippen LogP contribution is -2.14. The molecular weight excluding hydrogens is 770 g/mol. The summed E-state index contributed by atoms with van der Waals surface area (Å²) < 4.78 is 14.8. The van der Waals surface area contributed by atoms with Crippen molar-refractivity contribution in [1.82, 2.24) is 0 Å². The van der Waals surface area contributed by atoms with E-state index in [0.29, 0.717) is 55.9 Å². The quantitative estimate of drug-likeness (QED) is 0.0447. The van der Waals surface area contributed by atoms with Crippen molar-refractivity contribution in [1.29, 1.82) is 0 Å². The minimum atomic E-state index is -0.889. The Morgan fingerprint density at radius 3 is 1.30 bits per heavy atom. The standard InChI is InChI=1S/C18H19Cl2NO4.C14H11Cl2NO2.C4H10O3.2CH4/c19-14-5-3-6-15(20)18(14)21-16-7-2-1-4-13(16)12-17(23)25-11-10-24-9-8-22;15-10-5-3-6-11(16)14(10)17-12-7-2-1-4-9(12)8-13(18)19;5-1-3-7-4-2-6;;/h1-7,21-22H,8-12H2;1-7,17H,8H2,(H,18,19);5-6H,1-4H2;2*1H4. The third-order valence-corrected chi connectivity index (χ3v) is 7.61. The summed E-state index contributed by atoms with van der Waals surface area (Å²) in [6.45, 7) is 1.26. The lowest BCUT2D eigenvalue weighted by atomic mass is 10.1. The Morgan fingerprint density at radius 1 is 0.528 bits per heavy atom. The van der Waals surface area contributed by atoms with Gasteiger partial charge in [-0.3, -0.25) is 9.59 Å². The van der Waals surface area contributed by atoms with Gasteiger partial charge in [-0.2, -0.15) is 0 Å². The van der Waals surface area contributed by atoms with Gasteiger partial charge in [0.25, 0.3) is 0 Å². The molecule has 4 aromatic rings. The molecular formula is C38H48Cl4N2O9. The zero-order chi connectivity index (χ0) is 37.4. The van der Waals surface area contributed by atoms with Gasteiger partial charge < -0.3 is 45.3 Å². The van der Waals surface area contributed by atoms with E-state index in [1.165, 1.54) is 0 Å². The third kappa shape index (κ3) is 19.3. The van der Waals surface area contributed by atoms with E-state index in [1.807, 2.05) is 30.3 Å². The number of aliphatic hydroxyl groups excluding tert-OH is 3. The Labute approximate surface area is 331 Å². The molecule has 0 saturated carbocycles. The van der Waals surface area contributed by atoms with Crippen LogP contribution in [0.5, 0.6) is 0 Å². The summed E-state index contributed by atoms with van der Waals surface area (Å²) in [5, 5.41) is 41.9. The van der Waals surface area contributed by atoms with E-state index >= 15 is 0 Å². The number of rotatable bonds is 17. The first-order valence-electron chi connectivity index (χ1n) is 15.5. The molecule has 0 heterocycles. The van der Waals surface area contributed by atoms with Gasteiger partial charge in [-0.05, 0) is 47.5 Å². The highest BCUT2D eigenvalue weighted by Gasteiger charge is 2.13. The van der Waals surface area contributed by atoms with Crippen molar-refractivity contribution >= 4 is 81.1 Å². The molecule has 0 aliphatic rings. The Balaban J connectivity index is 0.000000857. The predicted molar refractivity (Wildman–Crippen MR) is 215 cm³/mol. The van der Waals surface area contributed by atoms with Crippen LogP contribution in [0.2, 0.25) is 20.1 Å². The number of para-hydroxylation sites is 4. The highest BCUT2D eigenvalue weighted by molar-refractivity contribution is 6.39. The Bertz CT molecular complexity index is 1600. The molecule has 0 aliphatic heterocycles. The molecule has 0 spiro atoms. The lowest BCUT2D eigenvalue weighted by molar-refractivity contribution is -0.144. The molecule has 6 N–H and O–H groups in total. The van der Waals surface area contributed by atoms with Gasteiger partial charge in [0.1, 0.15) is 6.61 Å². The number of halogens is 4. The van der Waals surface area contributed by atoms with Crippen LogP contribution in [0.4, 0.5) is 22.7 Å².